The molecule has 0 aliphatic rings. The topological polar surface area (TPSA) is 63.4 Å². The van der Waals surface area contributed by atoms with Gasteiger partial charge >= 0.3 is 0 Å². The second kappa shape index (κ2) is 5.06. The average molecular weight is 256 g/mol. The number of benzene rings is 1. The average Bonchev–Trinajstić information content (AvgIpc) is 2.27. The summed E-state index contributed by atoms with van der Waals surface area (Å²) in [5.41, 5.74) is 7.32. The van der Waals surface area contributed by atoms with Crippen molar-refractivity contribution in [3.8, 4) is 0 Å². The molecular formula is C12H20N2O2S. The highest BCUT2D eigenvalue weighted by molar-refractivity contribution is 7.89. The van der Waals surface area contributed by atoms with E-state index < -0.39 is 10.0 Å². The van der Waals surface area contributed by atoms with Crippen LogP contribution in [0.2, 0.25) is 0 Å². The molecule has 0 saturated heterocycles. The zero-order chi connectivity index (χ0) is 13.2. The largest absolute Gasteiger partial charge is 0.398 e. The van der Waals surface area contributed by atoms with Gasteiger partial charge in [-0.15, -0.1) is 0 Å². The van der Waals surface area contributed by atoms with Crippen LogP contribution >= 0.6 is 0 Å². The molecule has 4 nitrogen and oxygen atoms in total. The summed E-state index contributed by atoms with van der Waals surface area (Å²) < 4.78 is 25.7. The molecule has 0 spiro atoms. The maximum atomic E-state index is 12.2. The molecule has 0 amide bonds. The zero-order valence-corrected chi connectivity index (χ0v) is 11.6. The van der Waals surface area contributed by atoms with Crippen molar-refractivity contribution in [2.45, 2.75) is 38.1 Å². The number of nitrogens with two attached hydrogens (primary N) is 1. The number of sulfonamides is 1. The molecule has 0 unspecified atom stereocenters. The Hall–Kier alpha value is -1.07. The maximum absolute atomic E-state index is 12.2. The van der Waals surface area contributed by atoms with Gasteiger partial charge in [-0.1, -0.05) is 13.0 Å². The fourth-order valence-corrected chi connectivity index (χ4v) is 2.90. The number of hydrogen-bond donors (Lipinski definition) is 1. The predicted molar refractivity (Wildman–Crippen MR) is 70.3 cm³/mol. The lowest BCUT2D eigenvalue weighted by Gasteiger charge is -2.21. The van der Waals surface area contributed by atoms with Gasteiger partial charge in [-0.2, -0.15) is 4.31 Å². The number of nitrogen functional groups attached to an aromatic ring is 1. The van der Waals surface area contributed by atoms with Gasteiger partial charge < -0.3 is 5.73 Å². The Bertz CT molecular complexity index is 495. The minimum absolute atomic E-state index is 0.0768. The Kier molecular flexibility index (Phi) is 4.16. The first-order valence-electron chi connectivity index (χ1n) is 5.67. The van der Waals surface area contributed by atoms with Crippen LogP contribution in [0.4, 0.5) is 5.69 Å². The van der Waals surface area contributed by atoms with Crippen molar-refractivity contribution in [1.29, 1.82) is 0 Å². The Morgan fingerprint density at radius 1 is 1.35 bits per heavy atom. The molecule has 96 valence electrons. The molecule has 2 N–H and O–H groups in total. The van der Waals surface area contributed by atoms with E-state index in [1.807, 2.05) is 20.8 Å². The van der Waals surface area contributed by atoms with Crippen LogP contribution in [0.3, 0.4) is 0 Å². The summed E-state index contributed by atoms with van der Waals surface area (Å²) in [4.78, 5) is 0.253. The van der Waals surface area contributed by atoms with Crippen LogP contribution in [0.15, 0.2) is 23.1 Å². The smallest absolute Gasteiger partial charge is 0.243 e. The highest BCUT2D eigenvalue weighted by atomic mass is 32.2. The van der Waals surface area contributed by atoms with Crippen molar-refractivity contribution in [3.63, 3.8) is 0 Å². The fraction of sp³-hybridized carbons (Fsp3) is 0.500. The van der Waals surface area contributed by atoms with Crippen molar-refractivity contribution in [2.24, 2.45) is 0 Å². The summed E-state index contributed by atoms with van der Waals surface area (Å²) in [6, 6.07) is 4.85. The van der Waals surface area contributed by atoms with Crippen LogP contribution < -0.4 is 5.73 Å². The highest BCUT2D eigenvalue weighted by Gasteiger charge is 2.23. The van der Waals surface area contributed by atoms with Gasteiger partial charge in [0.2, 0.25) is 10.0 Å². The number of nitrogens with zero attached hydrogens (tertiary/aromatic N) is 1. The molecule has 0 aromatic heterocycles. The van der Waals surface area contributed by atoms with Gasteiger partial charge in [0.05, 0.1) is 4.90 Å². The third-order valence-corrected chi connectivity index (χ3v) is 4.93. The number of hydrogen-bond acceptors (Lipinski definition) is 3. The molecule has 0 fully saturated rings. The third-order valence-electron chi connectivity index (χ3n) is 2.90. The fourth-order valence-electron chi connectivity index (χ4n) is 1.50. The van der Waals surface area contributed by atoms with Crippen LogP contribution in [-0.4, -0.2) is 25.8 Å². The molecule has 0 heterocycles. The van der Waals surface area contributed by atoms with E-state index >= 15 is 0 Å². The van der Waals surface area contributed by atoms with Gasteiger partial charge in [0.1, 0.15) is 0 Å². The van der Waals surface area contributed by atoms with Crippen LogP contribution in [0.5, 0.6) is 0 Å². The van der Waals surface area contributed by atoms with Gasteiger partial charge in [0, 0.05) is 18.8 Å². The minimum Gasteiger partial charge on any atom is -0.398 e. The summed E-state index contributed by atoms with van der Waals surface area (Å²) in [6.45, 7) is 5.66. The molecule has 1 rings (SSSR count). The minimum atomic E-state index is -3.43. The molecule has 0 aliphatic carbocycles. The van der Waals surface area contributed by atoms with E-state index in [1.165, 1.54) is 10.4 Å². The molecule has 0 radical (unpaired) electrons. The van der Waals surface area contributed by atoms with Crippen LogP contribution in [0.1, 0.15) is 26.3 Å². The van der Waals surface area contributed by atoms with E-state index in [4.69, 9.17) is 5.73 Å². The summed E-state index contributed by atoms with van der Waals surface area (Å²) >= 11 is 0. The van der Waals surface area contributed by atoms with Crippen molar-refractivity contribution < 1.29 is 8.42 Å². The third kappa shape index (κ3) is 2.79. The number of rotatable bonds is 4. The van der Waals surface area contributed by atoms with Gasteiger partial charge in [-0.25, -0.2) is 8.42 Å². The van der Waals surface area contributed by atoms with Crippen LogP contribution in [0, 0.1) is 0 Å². The van der Waals surface area contributed by atoms with E-state index in [0.717, 1.165) is 12.0 Å². The van der Waals surface area contributed by atoms with E-state index in [0.29, 0.717) is 5.69 Å². The molecule has 17 heavy (non-hydrogen) atoms. The second-order valence-corrected chi connectivity index (χ2v) is 6.33. The number of aryl methyl sites for hydroxylation is 1. The van der Waals surface area contributed by atoms with Crippen molar-refractivity contribution in [1.82, 2.24) is 4.31 Å². The van der Waals surface area contributed by atoms with E-state index in [-0.39, 0.29) is 10.9 Å². The molecule has 1 aromatic carbocycles. The highest BCUT2D eigenvalue weighted by Crippen LogP contribution is 2.21. The van der Waals surface area contributed by atoms with Crippen molar-refractivity contribution >= 4 is 15.7 Å². The Morgan fingerprint density at radius 2 is 1.94 bits per heavy atom. The Labute approximate surface area is 103 Å². The normalized spacial score (nSPS) is 12.4. The number of anilines is 1. The first kappa shape index (κ1) is 14.0. The lowest BCUT2D eigenvalue weighted by Crippen LogP contribution is -2.33. The molecule has 1 aromatic rings. The lowest BCUT2D eigenvalue weighted by molar-refractivity contribution is 0.410. The molecule has 5 heteroatoms. The maximum Gasteiger partial charge on any atom is 0.243 e. The summed E-state index contributed by atoms with van der Waals surface area (Å²) in [7, 11) is -1.86. The molecule has 0 aliphatic heterocycles. The Morgan fingerprint density at radius 3 is 2.35 bits per heavy atom. The van der Waals surface area contributed by atoms with Gasteiger partial charge in [-0.3, -0.25) is 0 Å². The van der Waals surface area contributed by atoms with E-state index in [9.17, 15) is 8.42 Å². The summed E-state index contributed by atoms with van der Waals surface area (Å²) in [5.74, 6) is 0. The van der Waals surface area contributed by atoms with Gasteiger partial charge in [-0.05, 0) is 38.0 Å². The van der Waals surface area contributed by atoms with E-state index in [1.54, 1.807) is 19.2 Å². The lowest BCUT2D eigenvalue weighted by atomic mass is 10.1. The summed E-state index contributed by atoms with van der Waals surface area (Å²) in [5, 5.41) is 0. The monoisotopic (exact) mass is 256 g/mol. The zero-order valence-electron chi connectivity index (χ0n) is 10.8. The second-order valence-electron chi connectivity index (χ2n) is 4.33. The first-order valence-corrected chi connectivity index (χ1v) is 7.11. The first-order chi connectivity index (χ1) is 7.80. The molecule has 0 saturated carbocycles. The summed E-state index contributed by atoms with van der Waals surface area (Å²) in [6.07, 6.45) is 0.798. The molecular weight excluding hydrogens is 236 g/mol. The van der Waals surface area contributed by atoms with Crippen molar-refractivity contribution in [2.75, 3.05) is 12.8 Å². The predicted octanol–water partition coefficient (Wildman–Crippen LogP) is 1.86. The quantitative estimate of drug-likeness (QED) is 0.836. The standard InChI is InChI=1S/C12H20N2O2S/c1-5-10-6-7-11(8-12(10)13)17(15,16)14(4)9(2)3/h6-9H,5,13H2,1-4H3. The van der Waals surface area contributed by atoms with Gasteiger partial charge in [0.15, 0.2) is 0 Å². The SMILES string of the molecule is CCc1ccc(S(=O)(=O)N(C)C(C)C)cc1N. The molecule has 0 bridgehead atoms. The van der Waals surface area contributed by atoms with Crippen LogP contribution in [0.25, 0.3) is 0 Å². The Balaban J connectivity index is 3.21. The van der Waals surface area contributed by atoms with Crippen molar-refractivity contribution in [3.05, 3.63) is 23.8 Å². The molecule has 0 atom stereocenters. The van der Waals surface area contributed by atoms with Gasteiger partial charge in [0.25, 0.3) is 0 Å². The van der Waals surface area contributed by atoms with Crippen LogP contribution in [-0.2, 0) is 16.4 Å². The van der Waals surface area contributed by atoms with E-state index in [2.05, 4.69) is 0 Å².